The maximum Gasteiger partial charge on any atom is 0.417 e. The molecule has 0 unspecified atom stereocenters. The summed E-state index contributed by atoms with van der Waals surface area (Å²) in [5.74, 6) is 4.29. The molecule has 2 aromatic rings. The Hall–Kier alpha value is -2.03. The van der Waals surface area contributed by atoms with Crippen molar-refractivity contribution in [2.45, 2.75) is 30.7 Å². The summed E-state index contributed by atoms with van der Waals surface area (Å²) < 4.78 is 53.0. The minimum atomic E-state index is -4.42. The Labute approximate surface area is 168 Å². The van der Waals surface area contributed by atoms with Crippen molar-refractivity contribution in [3.8, 4) is 0 Å². The molecule has 156 valence electrons. The zero-order chi connectivity index (χ0) is 21.7. The molecule has 4 N–H and O–H groups in total. The molecule has 0 aromatic heterocycles. The second-order valence-electron chi connectivity index (χ2n) is 5.50. The summed E-state index contributed by atoms with van der Waals surface area (Å²) in [6, 6.07) is 8.53. The van der Waals surface area contributed by atoms with Gasteiger partial charge in [0.15, 0.2) is 0 Å². The van der Waals surface area contributed by atoms with Crippen LogP contribution in [-0.2, 0) is 11.9 Å². The number of alkyl halides is 3. The van der Waals surface area contributed by atoms with Crippen LogP contribution in [0, 0.1) is 12.7 Å². The second kappa shape index (κ2) is 13.2. The minimum Gasteiger partial charge on any atom is -0.388 e. The van der Waals surface area contributed by atoms with Crippen molar-refractivity contribution in [1.29, 1.82) is 0 Å². The molecule has 0 bridgehead atoms. The number of thioether (sulfide) groups is 1. The fourth-order valence-corrected chi connectivity index (χ4v) is 3.27. The van der Waals surface area contributed by atoms with Crippen LogP contribution in [0.5, 0.6) is 0 Å². The predicted molar refractivity (Wildman–Crippen MR) is 111 cm³/mol. The van der Waals surface area contributed by atoms with Gasteiger partial charge in [0.2, 0.25) is 0 Å². The normalized spacial score (nSPS) is 10.2. The van der Waals surface area contributed by atoms with Crippen LogP contribution in [0.1, 0.15) is 23.6 Å². The standard InChI is InChI=1S/C16H15F4NS.C3H6.CH6N2/c1-10-6-7-12(16(18,19)20)15(8-10)22-9-11-13(17)4-3-5-14(11)21-2;2*1-3-2/h3-8,21H,9H2,1-2H3;3H,1H2,2H3;3H,2H2,1H3. The van der Waals surface area contributed by atoms with E-state index >= 15 is 0 Å². The lowest BCUT2D eigenvalue weighted by Gasteiger charge is -2.14. The smallest absolute Gasteiger partial charge is 0.388 e. The summed E-state index contributed by atoms with van der Waals surface area (Å²) in [6.45, 7) is 6.98. The van der Waals surface area contributed by atoms with E-state index in [9.17, 15) is 17.6 Å². The van der Waals surface area contributed by atoms with Gasteiger partial charge in [-0.25, -0.2) is 4.39 Å². The molecule has 0 fully saturated rings. The number of hydrazine groups is 1. The van der Waals surface area contributed by atoms with Gasteiger partial charge in [0, 0.05) is 28.9 Å². The third kappa shape index (κ3) is 8.77. The van der Waals surface area contributed by atoms with Gasteiger partial charge in [0.1, 0.15) is 5.82 Å². The SMILES string of the molecule is C=CC.CNN.CNc1cccc(F)c1CSc1cc(C)ccc1C(F)(F)F. The van der Waals surface area contributed by atoms with E-state index in [-0.39, 0.29) is 10.6 Å². The Bertz CT molecular complexity index is 734. The molecule has 0 aliphatic rings. The quantitative estimate of drug-likeness (QED) is 0.195. The predicted octanol–water partition coefficient (Wildman–Crippen LogP) is 5.76. The van der Waals surface area contributed by atoms with Gasteiger partial charge >= 0.3 is 6.18 Å². The van der Waals surface area contributed by atoms with Crippen LogP contribution < -0.4 is 16.6 Å². The van der Waals surface area contributed by atoms with Crippen LogP contribution in [0.15, 0.2) is 53.9 Å². The molecule has 28 heavy (non-hydrogen) atoms. The van der Waals surface area contributed by atoms with Crippen LogP contribution in [0.3, 0.4) is 0 Å². The molecule has 0 spiro atoms. The van der Waals surface area contributed by atoms with Crippen molar-refractivity contribution >= 4 is 17.4 Å². The van der Waals surface area contributed by atoms with Crippen molar-refractivity contribution < 1.29 is 17.6 Å². The third-order valence-corrected chi connectivity index (χ3v) is 4.28. The molecular weight excluding hydrogens is 390 g/mol. The number of hydrogen-bond donors (Lipinski definition) is 3. The molecule has 0 aliphatic heterocycles. The minimum absolute atomic E-state index is 0.109. The lowest BCUT2D eigenvalue weighted by Crippen LogP contribution is -2.13. The number of aryl methyl sites for hydroxylation is 1. The first kappa shape index (κ1) is 26.0. The van der Waals surface area contributed by atoms with E-state index < -0.39 is 17.6 Å². The molecule has 0 amide bonds. The van der Waals surface area contributed by atoms with Crippen LogP contribution in [-0.4, -0.2) is 14.1 Å². The summed E-state index contributed by atoms with van der Waals surface area (Å²) >= 11 is 0.985. The Balaban J connectivity index is 0.00000108. The second-order valence-corrected chi connectivity index (χ2v) is 6.52. The molecule has 3 nitrogen and oxygen atoms in total. The zero-order valence-electron chi connectivity index (χ0n) is 16.5. The highest BCUT2D eigenvalue weighted by Gasteiger charge is 2.33. The van der Waals surface area contributed by atoms with Crippen LogP contribution >= 0.6 is 11.8 Å². The third-order valence-electron chi connectivity index (χ3n) is 3.20. The molecule has 0 saturated heterocycles. The first-order chi connectivity index (χ1) is 13.2. The van der Waals surface area contributed by atoms with E-state index in [1.54, 1.807) is 39.2 Å². The van der Waals surface area contributed by atoms with Gasteiger partial charge in [-0.2, -0.15) is 13.2 Å². The van der Waals surface area contributed by atoms with Crippen molar-refractivity contribution in [2.75, 3.05) is 19.4 Å². The number of benzene rings is 2. The molecule has 8 heteroatoms. The molecule has 0 heterocycles. The topological polar surface area (TPSA) is 50.1 Å². The maximum absolute atomic E-state index is 13.9. The number of rotatable bonds is 4. The Morgan fingerprint density at radius 3 is 2.25 bits per heavy atom. The molecule has 0 radical (unpaired) electrons. The maximum atomic E-state index is 13.9. The van der Waals surface area contributed by atoms with Gasteiger partial charge in [-0.1, -0.05) is 18.2 Å². The van der Waals surface area contributed by atoms with Crippen LogP contribution in [0.4, 0.5) is 23.2 Å². The first-order valence-corrected chi connectivity index (χ1v) is 9.34. The fourth-order valence-electron chi connectivity index (χ4n) is 2.07. The van der Waals surface area contributed by atoms with E-state index in [1.165, 1.54) is 18.2 Å². The lowest BCUT2D eigenvalue weighted by atomic mass is 10.1. The van der Waals surface area contributed by atoms with Gasteiger partial charge in [-0.15, -0.1) is 18.3 Å². The fraction of sp³-hybridized carbons (Fsp3) is 0.300. The van der Waals surface area contributed by atoms with Crippen molar-refractivity contribution in [2.24, 2.45) is 5.84 Å². The Morgan fingerprint density at radius 1 is 1.18 bits per heavy atom. The van der Waals surface area contributed by atoms with Crippen molar-refractivity contribution in [3.63, 3.8) is 0 Å². The lowest BCUT2D eigenvalue weighted by molar-refractivity contribution is -0.139. The highest BCUT2D eigenvalue weighted by atomic mass is 32.2. The highest BCUT2D eigenvalue weighted by Crippen LogP contribution is 2.39. The summed E-state index contributed by atoms with van der Waals surface area (Å²) in [4.78, 5) is 0.109. The highest BCUT2D eigenvalue weighted by molar-refractivity contribution is 7.98. The van der Waals surface area contributed by atoms with E-state index in [0.717, 1.165) is 23.4 Å². The van der Waals surface area contributed by atoms with Gasteiger partial charge in [0.25, 0.3) is 0 Å². The van der Waals surface area contributed by atoms with Crippen LogP contribution in [0.25, 0.3) is 0 Å². The van der Waals surface area contributed by atoms with Gasteiger partial charge in [-0.05, 0) is 50.7 Å². The number of halogens is 4. The average Bonchev–Trinajstić information content (AvgIpc) is 2.61. The number of anilines is 1. The van der Waals surface area contributed by atoms with E-state index in [0.29, 0.717) is 11.3 Å². The van der Waals surface area contributed by atoms with Gasteiger partial charge in [-0.3, -0.25) is 11.3 Å². The van der Waals surface area contributed by atoms with Crippen LogP contribution in [0.2, 0.25) is 0 Å². The molecular formula is C20H27F4N3S. The van der Waals surface area contributed by atoms with Gasteiger partial charge in [0.05, 0.1) is 5.56 Å². The molecule has 2 aromatic carbocycles. The summed E-state index contributed by atoms with van der Waals surface area (Å²) in [6.07, 6.45) is -2.67. The first-order valence-electron chi connectivity index (χ1n) is 8.36. The summed E-state index contributed by atoms with van der Waals surface area (Å²) in [7, 11) is 3.30. The largest absolute Gasteiger partial charge is 0.417 e. The number of hydrogen-bond acceptors (Lipinski definition) is 4. The monoisotopic (exact) mass is 417 g/mol. The van der Waals surface area contributed by atoms with E-state index in [2.05, 4.69) is 23.2 Å². The summed E-state index contributed by atoms with van der Waals surface area (Å²) in [5, 5.41) is 2.85. The molecule has 0 aliphatic carbocycles. The molecule has 0 saturated carbocycles. The van der Waals surface area contributed by atoms with E-state index in [4.69, 9.17) is 0 Å². The molecule has 2 rings (SSSR count). The Kier molecular flexibility index (Phi) is 12.2. The number of allylic oxidation sites excluding steroid dienone is 1. The Morgan fingerprint density at radius 2 is 1.75 bits per heavy atom. The summed E-state index contributed by atoms with van der Waals surface area (Å²) in [5.41, 5.74) is 3.24. The van der Waals surface area contributed by atoms with E-state index in [1.807, 2.05) is 6.92 Å². The van der Waals surface area contributed by atoms with Crippen molar-refractivity contribution in [3.05, 3.63) is 71.6 Å². The van der Waals surface area contributed by atoms with Gasteiger partial charge < -0.3 is 5.32 Å². The zero-order valence-corrected chi connectivity index (χ0v) is 17.3. The number of nitrogens with one attached hydrogen (secondary N) is 2. The average molecular weight is 418 g/mol. The number of nitrogens with two attached hydrogens (primary N) is 1. The van der Waals surface area contributed by atoms with Crippen molar-refractivity contribution in [1.82, 2.24) is 5.43 Å². The molecule has 0 atom stereocenters.